The van der Waals surface area contributed by atoms with E-state index in [9.17, 15) is 14.7 Å². The first-order chi connectivity index (χ1) is 30.5. The highest BCUT2D eigenvalue weighted by atomic mass is 16.5. The number of likely N-dealkylation sites (tertiary alicyclic amines) is 2. The fourth-order valence-corrected chi connectivity index (χ4v) is 11.0. The molecule has 2 aliphatic carbocycles. The number of piperidine rings is 2. The molecule has 4 aromatic heterocycles. The second-order valence-corrected chi connectivity index (χ2v) is 17.4. The molecule has 0 radical (unpaired) electrons. The molecule has 4 bridgehead atoms. The lowest BCUT2D eigenvalue weighted by atomic mass is 10.1. The van der Waals surface area contributed by atoms with Crippen LogP contribution in [0, 0.1) is 11.8 Å². The summed E-state index contributed by atoms with van der Waals surface area (Å²) in [4.78, 5) is 51.1. The van der Waals surface area contributed by atoms with Gasteiger partial charge in [-0.2, -0.15) is 0 Å². The number of aromatic hydroxyl groups is 1. The van der Waals surface area contributed by atoms with Crippen molar-refractivity contribution in [3.05, 3.63) is 71.0 Å². The molecule has 10 rings (SSSR count). The lowest BCUT2D eigenvalue weighted by Gasteiger charge is -2.28. The van der Waals surface area contributed by atoms with Crippen LogP contribution in [0.1, 0.15) is 71.6 Å². The number of aryl methyl sites for hydroxylation is 4. The minimum atomic E-state index is -0.0572. The Hall–Kier alpha value is -6.26. The van der Waals surface area contributed by atoms with Gasteiger partial charge in [0.25, 0.3) is 11.8 Å². The summed E-state index contributed by atoms with van der Waals surface area (Å²) in [5, 5.41) is 13.6. The molecule has 0 unspecified atom stereocenters. The van der Waals surface area contributed by atoms with E-state index in [2.05, 4.69) is 17.2 Å². The number of aromatic nitrogens is 6. The Labute approximate surface area is 365 Å². The van der Waals surface area contributed by atoms with Gasteiger partial charge in [-0.1, -0.05) is 13.8 Å². The van der Waals surface area contributed by atoms with E-state index < -0.39 is 0 Å². The monoisotopic (exact) mass is 854 g/mol. The number of hydrogen-bond acceptors (Lipinski definition) is 12. The van der Waals surface area contributed by atoms with Crippen LogP contribution < -0.4 is 25.3 Å². The fraction of sp³-hybridized carbons (Fsp3) is 0.447. The Kier molecular flexibility index (Phi) is 10.2. The smallest absolute Gasteiger partial charge is 0.254 e. The van der Waals surface area contributed by atoms with Crippen LogP contribution in [0.2, 0.25) is 0 Å². The van der Waals surface area contributed by atoms with Gasteiger partial charge in [0.05, 0.1) is 36.6 Å². The molecule has 6 heterocycles. The van der Waals surface area contributed by atoms with Crippen molar-refractivity contribution in [1.82, 2.24) is 44.2 Å². The molecule has 63 heavy (non-hydrogen) atoms. The second-order valence-electron chi connectivity index (χ2n) is 17.4. The van der Waals surface area contributed by atoms with E-state index in [0.29, 0.717) is 83.1 Å². The van der Waals surface area contributed by atoms with Gasteiger partial charge in [-0.3, -0.25) is 14.9 Å². The molecule has 4 aliphatic rings. The maximum absolute atomic E-state index is 14.3. The zero-order valence-electron chi connectivity index (χ0n) is 36.6. The number of methoxy groups -OCH3 is 2. The van der Waals surface area contributed by atoms with Crippen LogP contribution in [-0.4, -0.2) is 114 Å². The number of benzene rings is 2. The minimum absolute atomic E-state index is 0.0113. The first-order valence-electron chi connectivity index (χ1n) is 22.0. The number of pyridine rings is 2. The summed E-state index contributed by atoms with van der Waals surface area (Å²) < 4.78 is 21.8. The summed E-state index contributed by atoms with van der Waals surface area (Å²) in [5.74, 6) is 3.57. The molecule has 6 aromatic rings. The van der Waals surface area contributed by atoms with E-state index in [4.69, 9.17) is 34.9 Å². The Balaban J connectivity index is 0.833. The van der Waals surface area contributed by atoms with E-state index in [1.165, 1.54) is 0 Å². The van der Waals surface area contributed by atoms with Crippen LogP contribution in [0.3, 0.4) is 0 Å². The zero-order chi connectivity index (χ0) is 43.8. The summed E-state index contributed by atoms with van der Waals surface area (Å²) in [7, 11) is 7.09. The number of carbonyl (C=O) groups excluding carboxylic acids is 2. The van der Waals surface area contributed by atoms with Crippen molar-refractivity contribution < 1.29 is 28.9 Å². The van der Waals surface area contributed by atoms with Gasteiger partial charge in [0.15, 0.2) is 0 Å². The highest BCUT2D eigenvalue weighted by molar-refractivity contribution is 6.01. The molecule has 16 heteroatoms. The molecule has 0 spiro atoms. The predicted octanol–water partition coefficient (Wildman–Crippen LogP) is 5.22. The molecule has 2 saturated carbocycles. The lowest BCUT2D eigenvalue weighted by Crippen LogP contribution is -2.44. The van der Waals surface area contributed by atoms with Crippen LogP contribution in [-0.2, 0) is 26.9 Å². The van der Waals surface area contributed by atoms with Gasteiger partial charge in [-0.05, 0) is 86.8 Å². The fourth-order valence-electron chi connectivity index (χ4n) is 11.0. The Morgan fingerprint density at radius 1 is 0.730 bits per heavy atom. The van der Waals surface area contributed by atoms with Gasteiger partial charge in [0.2, 0.25) is 11.8 Å². The molecular formula is C47H54N10O6. The van der Waals surface area contributed by atoms with Gasteiger partial charge in [0, 0.05) is 85.7 Å². The highest BCUT2D eigenvalue weighted by Crippen LogP contribution is 2.42. The topological polar surface area (TPSA) is 188 Å². The van der Waals surface area contributed by atoms with Crippen molar-refractivity contribution in [2.75, 3.05) is 34.0 Å². The average Bonchev–Trinajstić information content (AvgIpc) is 4.16. The third-order valence-electron chi connectivity index (χ3n) is 14.2. The van der Waals surface area contributed by atoms with Crippen LogP contribution in [0.25, 0.3) is 44.8 Å². The van der Waals surface area contributed by atoms with Gasteiger partial charge in [-0.25, -0.2) is 19.9 Å². The number of ether oxygens (including phenoxy) is 3. The summed E-state index contributed by atoms with van der Waals surface area (Å²) in [6.45, 7) is 5.62. The molecule has 16 nitrogen and oxygen atoms in total. The number of rotatable bonds is 12. The number of nitrogens with one attached hydrogen (secondary N) is 1. The van der Waals surface area contributed by atoms with Crippen LogP contribution >= 0.6 is 0 Å². The summed E-state index contributed by atoms with van der Waals surface area (Å²) in [5.41, 5.74) is 13.7. The molecule has 4 fully saturated rings. The van der Waals surface area contributed by atoms with Gasteiger partial charge in [-0.15, -0.1) is 0 Å². The van der Waals surface area contributed by atoms with Crippen molar-refractivity contribution in [2.45, 2.75) is 76.5 Å². The molecular weight excluding hydrogens is 801 g/mol. The second kappa shape index (κ2) is 15.8. The molecule has 2 aromatic carbocycles. The van der Waals surface area contributed by atoms with Crippen LogP contribution in [0.4, 0.5) is 0 Å². The van der Waals surface area contributed by atoms with Crippen molar-refractivity contribution in [3.8, 4) is 46.0 Å². The Bertz CT molecular complexity index is 2800. The van der Waals surface area contributed by atoms with E-state index >= 15 is 0 Å². The first-order valence-corrected chi connectivity index (χ1v) is 22.0. The quantitative estimate of drug-likeness (QED) is 0.137. The molecule has 328 valence electrons. The van der Waals surface area contributed by atoms with Gasteiger partial charge < -0.3 is 44.0 Å². The normalized spacial score (nSPS) is 22.5. The van der Waals surface area contributed by atoms with Crippen LogP contribution in [0.15, 0.2) is 48.5 Å². The van der Waals surface area contributed by atoms with Crippen molar-refractivity contribution in [2.24, 2.45) is 31.7 Å². The van der Waals surface area contributed by atoms with Gasteiger partial charge in [0.1, 0.15) is 40.9 Å². The van der Waals surface area contributed by atoms with Gasteiger partial charge >= 0.3 is 0 Å². The average molecular weight is 855 g/mol. The SMILES string of the molecule is CCc1nc(O)ccc1-c1nc2cc(C(=O)N3C[C@H]4CC[C@@H]3[C@@H]4NCOc3ccc(-c4nc5cc(C(=O)N6C[C@H]7CC[C@@H]6[C@@H]7N)cc(OC)c5n4C)c(CC)n3)cc(OC)c2n1C. The van der Waals surface area contributed by atoms with E-state index in [1.54, 1.807) is 26.4 Å². The largest absolute Gasteiger partial charge is 0.494 e. The molecule has 2 saturated heterocycles. The molecule has 6 atom stereocenters. The maximum atomic E-state index is 14.3. The summed E-state index contributed by atoms with van der Waals surface area (Å²) >= 11 is 0. The Morgan fingerprint density at radius 3 is 1.83 bits per heavy atom. The molecule has 2 amide bonds. The minimum Gasteiger partial charge on any atom is -0.494 e. The van der Waals surface area contributed by atoms with E-state index in [1.807, 2.05) is 76.4 Å². The van der Waals surface area contributed by atoms with Crippen molar-refractivity contribution >= 4 is 33.9 Å². The standard InChI is InChI=1S/C47H54N10O6/c1-7-30-28(11-15-38(58)50-30)44-52-33-18-27(20-37(62-6)42(33)54(44)3)47(60)57-22-25-10-14-35(57)41(25)49-23-63-39-16-12-29(31(8-2)51-39)45-53-32-17-26(19-36(61-5)43(32)55(45)4)46(59)56-21-24-9-13-34(56)40(24)48/h11-12,15-20,24-25,34-35,40-41,49H,7-10,13-14,21-23,48H2,1-6H3,(H,50,58)/t24-,25-,34-,35-,40-,41-/m1/s1. The van der Waals surface area contributed by atoms with Crippen molar-refractivity contribution in [3.63, 3.8) is 0 Å². The number of nitrogens with zero attached hydrogens (tertiary/aromatic N) is 8. The van der Waals surface area contributed by atoms with Crippen LogP contribution in [0.5, 0.6) is 23.3 Å². The third kappa shape index (κ3) is 6.64. The summed E-state index contributed by atoms with van der Waals surface area (Å²) in [6.07, 6.45) is 5.21. The summed E-state index contributed by atoms with van der Waals surface area (Å²) in [6, 6.07) is 14.8. The number of carbonyl (C=O) groups is 2. The maximum Gasteiger partial charge on any atom is 0.254 e. The predicted molar refractivity (Wildman–Crippen MR) is 237 cm³/mol. The highest BCUT2D eigenvalue weighted by Gasteiger charge is 2.49. The van der Waals surface area contributed by atoms with E-state index in [-0.39, 0.29) is 48.6 Å². The van der Waals surface area contributed by atoms with E-state index in [0.717, 1.165) is 65.1 Å². The molecule has 4 N–H and O–H groups in total. The number of nitrogens with two attached hydrogens (primary N) is 1. The lowest BCUT2D eigenvalue weighted by molar-refractivity contribution is 0.0690. The first kappa shape index (κ1) is 40.8. The number of imidazole rings is 2. The number of hydrogen-bond donors (Lipinski definition) is 3. The zero-order valence-corrected chi connectivity index (χ0v) is 36.6. The number of fused-ring (bicyclic) bond motifs is 6. The third-order valence-corrected chi connectivity index (χ3v) is 14.2. The molecule has 2 aliphatic heterocycles. The number of amides is 2. The Morgan fingerprint density at radius 2 is 1.27 bits per heavy atom. The van der Waals surface area contributed by atoms with Crippen molar-refractivity contribution in [1.29, 1.82) is 0 Å².